The van der Waals surface area contributed by atoms with Crippen LogP contribution < -0.4 is 20.5 Å². The number of hydrogen-bond acceptors (Lipinski definition) is 4. The second kappa shape index (κ2) is 10.4. The summed E-state index contributed by atoms with van der Waals surface area (Å²) in [5.74, 6) is -1.29. The van der Waals surface area contributed by atoms with Crippen molar-refractivity contribution in [1.29, 1.82) is 0 Å². The Labute approximate surface area is 199 Å². The molecule has 0 fully saturated rings. The number of nitrogens with zero attached hydrogens (tertiary/aromatic N) is 2. The predicted molar refractivity (Wildman–Crippen MR) is 133 cm³/mol. The van der Waals surface area contributed by atoms with E-state index in [2.05, 4.69) is 13.8 Å². The number of halogens is 1. The van der Waals surface area contributed by atoms with Crippen LogP contribution in [0.1, 0.15) is 46.8 Å². The van der Waals surface area contributed by atoms with Gasteiger partial charge in [-0.05, 0) is 60.7 Å². The minimum Gasteiger partial charge on any atom is -0.380 e. The Morgan fingerprint density at radius 1 is 1.00 bits per heavy atom. The molecule has 0 saturated carbocycles. The van der Waals surface area contributed by atoms with Crippen molar-refractivity contribution >= 4 is 23.2 Å². The monoisotopic (exact) mass is 463 g/mol. The first kappa shape index (κ1) is 24.8. The van der Waals surface area contributed by atoms with Gasteiger partial charge in [-0.1, -0.05) is 50.2 Å². The van der Waals surface area contributed by atoms with Crippen LogP contribution in [0.15, 0.2) is 60.7 Å². The summed E-state index contributed by atoms with van der Waals surface area (Å²) in [5.41, 5.74) is 8.63. The van der Waals surface area contributed by atoms with Crippen LogP contribution in [0.5, 0.6) is 5.75 Å². The molecule has 0 saturated heterocycles. The van der Waals surface area contributed by atoms with Crippen molar-refractivity contribution in [3.63, 3.8) is 0 Å². The Morgan fingerprint density at radius 2 is 1.62 bits per heavy atom. The van der Waals surface area contributed by atoms with Crippen LogP contribution in [0.3, 0.4) is 0 Å². The van der Waals surface area contributed by atoms with Crippen LogP contribution in [-0.2, 0) is 4.79 Å². The maximum atomic E-state index is 15.6. The van der Waals surface area contributed by atoms with Crippen molar-refractivity contribution in [2.24, 2.45) is 5.73 Å². The molecule has 0 aliphatic carbocycles. The summed E-state index contributed by atoms with van der Waals surface area (Å²) < 4.78 is 15.6. The summed E-state index contributed by atoms with van der Waals surface area (Å²) in [6.07, 6.45) is 0. The number of nitrogens with two attached hydrogens (primary N) is 1. The Bertz CT molecular complexity index is 1170. The van der Waals surface area contributed by atoms with Gasteiger partial charge in [0.15, 0.2) is 11.6 Å². The molecule has 0 atom stereocenters. The average molecular weight is 464 g/mol. The van der Waals surface area contributed by atoms with E-state index in [1.807, 2.05) is 32.0 Å². The minimum atomic E-state index is -0.755. The molecule has 0 aromatic heterocycles. The summed E-state index contributed by atoms with van der Waals surface area (Å²) in [4.78, 5) is 32.4. The predicted octanol–water partition coefficient (Wildman–Crippen LogP) is 5.13. The van der Waals surface area contributed by atoms with Crippen molar-refractivity contribution in [2.45, 2.75) is 33.6 Å². The molecule has 3 aromatic carbocycles. The number of benzene rings is 3. The number of anilines is 2. The van der Waals surface area contributed by atoms with Crippen LogP contribution in [0, 0.1) is 19.7 Å². The lowest BCUT2D eigenvalue weighted by atomic mass is 9.96. The Hall–Kier alpha value is -3.87. The van der Waals surface area contributed by atoms with Gasteiger partial charge >= 0.3 is 0 Å². The molecule has 3 rings (SSSR count). The Kier molecular flexibility index (Phi) is 7.56. The van der Waals surface area contributed by atoms with Gasteiger partial charge in [-0.3, -0.25) is 14.5 Å². The first-order chi connectivity index (χ1) is 16.1. The summed E-state index contributed by atoms with van der Waals surface area (Å²) in [5, 5.41) is 1.26. The normalized spacial score (nSPS) is 10.8. The third-order valence-corrected chi connectivity index (χ3v) is 5.54. The third-order valence-electron chi connectivity index (χ3n) is 5.54. The quantitative estimate of drug-likeness (QED) is 0.470. The van der Waals surface area contributed by atoms with Crippen LogP contribution >= 0.6 is 0 Å². The van der Waals surface area contributed by atoms with E-state index in [0.717, 1.165) is 16.7 Å². The number of carbonyl (C=O) groups excluding carboxylic acids is 2. The van der Waals surface area contributed by atoms with Crippen LogP contribution in [0.4, 0.5) is 15.8 Å². The fourth-order valence-electron chi connectivity index (χ4n) is 3.92. The van der Waals surface area contributed by atoms with Crippen LogP contribution in [0.2, 0.25) is 0 Å². The molecular formula is C27H30FN3O3. The van der Waals surface area contributed by atoms with Crippen molar-refractivity contribution in [1.82, 2.24) is 0 Å². The third kappa shape index (κ3) is 5.36. The highest BCUT2D eigenvalue weighted by molar-refractivity contribution is 6.10. The van der Waals surface area contributed by atoms with Gasteiger partial charge in [0, 0.05) is 7.05 Å². The molecule has 0 spiro atoms. The zero-order valence-electron chi connectivity index (χ0n) is 20.1. The van der Waals surface area contributed by atoms with Crippen LogP contribution in [0.25, 0.3) is 0 Å². The highest BCUT2D eigenvalue weighted by Gasteiger charge is 2.27. The lowest BCUT2D eigenvalue weighted by molar-refractivity contribution is -0.116. The summed E-state index contributed by atoms with van der Waals surface area (Å²) in [6, 6.07) is 17.4. The van der Waals surface area contributed by atoms with E-state index in [4.69, 9.17) is 10.6 Å². The summed E-state index contributed by atoms with van der Waals surface area (Å²) >= 11 is 0. The average Bonchev–Trinajstić information content (AvgIpc) is 2.78. The molecule has 3 aromatic rings. The molecule has 34 heavy (non-hydrogen) atoms. The maximum Gasteiger partial charge on any atom is 0.261 e. The smallest absolute Gasteiger partial charge is 0.261 e. The number of hydrogen-bond donors (Lipinski definition) is 1. The second-order valence-corrected chi connectivity index (χ2v) is 8.56. The van der Waals surface area contributed by atoms with Gasteiger partial charge in [-0.15, -0.1) is 0 Å². The number of para-hydroxylation sites is 1. The fourth-order valence-corrected chi connectivity index (χ4v) is 3.92. The molecule has 7 heteroatoms. The second-order valence-electron chi connectivity index (χ2n) is 8.56. The molecule has 0 heterocycles. The number of aryl methyl sites for hydroxylation is 2. The molecular weight excluding hydrogens is 433 g/mol. The largest absolute Gasteiger partial charge is 0.380 e. The Morgan fingerprint density at radius 3 is 2.18 bits per heavy atom. The number of hydroxylamine groups is 1. The van der Waals surface area contributed by atoms with E-state index in [-0.39, 0.29) is 17.8 Å². The van der Waals surface area contributed by atoms with Gasteiger partial charge in [0.1, 0.15) is 12.2 Å². The van der Waals surface area contributed by atoms with Crippen molar-refractivity contribution in [3.05, 3.63) is 88.7 Å². The van der Waals surface area contributed by atoms with E-state index in [1.165, 1.54) is 22.1 Å². The maximum absolute atomic E-state index is 15.6. The van der Waals surface area contributed by atoms with Crippen LogP contribution in [-0.4, -0.2) is 25.4 Å². The lowest BCUT2D eigenvalue weighted by Crippen LogP contribution is -2.40. The van der Waals surface area contributed by atoms with Crippen molar-refractivity contribution in [2.75, 3.05) is 23.6 Å². The molecule has 6 nitrogen and oxygen atoms in total. The van der Waals surface area contributed by atoms with Crippen molar-refractivity contribution in [3.8, 4) is 5.75 Å². The zero-order valence-corrected chi connectivity index (χ0v) is 20.1. The standard InChI is InChI=1S/C27H30FN3O3/c1-17(2)20-14-18(3)26(19(4)15-20)31(16-24(29)32)27(33)22-12-9-13-23(25(22)28)30(5)34-21-10-7-6-8-11-21/h6-15,17H,16H2,1-5H3,(H2,29,32). The van der Waals surface area contributed by atoms with E-state index in [9.17, 15) is 9.59 Å². The molecule has 0 bridgehead atoms. The Balaban J connectivity index is 2.02. The lowest BCUT2D eigenvalue weighted by Gasteiger charge is -2.27. The first-order valence-corrected chi connectivity index (χ1v) is 11.1. The van der Waals surface area contributed by atoms with Gasteiger partial charge in [0.05, 0.1) is 11.3 Å². The molecule has 0 unspecified atom stereocenters. The topological polar surface area (TPSA) is 75.9 Å². The number of amides is 2. The molecule has 0 aliphatic heterocycles. The van der Waals surface area contributed by atoms with Crippen molar-refractivity contribution < 1.29 is 18.8 Å². The van der Waals surface area contributed by atoms with E-state index in [0.29, 0.717) is 17.4 Å². The molecule has 0 aliphatic rings. The van der Waals surface area contributed by atoms with Gasteiger partial charge < -0.3 is 10.6 Å². The number of rotatable bonds is 8. The van der Waals surface area contributed by atoms with Gasteiger partial charge in [-0.2, -0.15) is 0 Å². The highest BCUT2D eigenvalue weighted by atomic mass is 19.1. The van der Waals surface area contributed by atoms with E-state index >= 15 is 4.39 Å². The van der Waals surface area contributed by atoms with E-state index < -0.39 is 17.6 Å². The zero-order chi connectivity index (χ0) is 25.0. The molecule has 178 valence electrons. The molecule has 2 amide bonds. The minimum absolute atomic E-state index is 0.0809. The van der Waals surface area contributed by atoms with Gasteiger partial charge in [0.2, 0.25) is 5.91 Å². The molecule has 0 radical (unpaired) electrons. The molecule has 2 N–H and O–H groups in total. The summed E-state index contributed by atoms with van der Waals surface area (Å²) in [6.45, 7) is 7.51. The highest BCUT2D eigenvalue weighted by Crippen LogP contribution is 2.32. The van der Waals surface area contributed by atoms with Gasteiger partial charge in [-0.25, -0.2) is 9.45 Å². The number of primary amides is 1. The first-order valence-electron chi connectivity index (χ1n) is 11.1. The SMILES string of the molecule is Cc1cc(C(C)C)cc(C)c1N(CC(N)=O)C(=O)c1cccc(N(C)Oc2ccccc2)c1F. The van der Waals surface area contributed by atoms with E-state index in [1.54, 1.807) is 37.4 Å². The fraction of sp³-hybridized carbons (Fsp3) is 0.259. The number of carbonyl (C=O) groups is 2. The summed E-state index contributed by atoms with van der Waals surface area (Å²) in [7, 11) is 1.56. The van der Waals surface area contributed by atoms with Gasteiger partial charge in [0.25, 0.3) is 5.91 Å².